The van der Waals surface area contributed by atoms with Crippen molar-refractivity contribution in [2.75, 3.05) is 5.43 Å². The summed E-state index contributed by atoms with van der Waals surface area (Å²) >= 11 is 0. The van der Waals surface area contributed by atoms with E-state index in [2.05, 4.69) is 22.7 Å². The van der Waals surface area contributed by atoms with Crippen LogP contribution in [0.3, 0.4) is 0 Å². The molecular weight excluding hydrogens is 240 g/mol. The minimum atomic E-state index is -0.0974. The molecule has 0 spiro atoms. The fourth-order valence-corrected chi connectivity index (χ4v) is 2.66. The number of pyridine rings is 1. The fraction of sp³-hybridized carbons (Fsp3) is 0.571. The number of rotatable bonds is 3. The van der Waals surface area contributed by atoms with E-state index < -0.39 is 0 Å². The van der Waals surface area contributed by atoms with Crippen LogP contribution in [0, 0.1) is 5.92 Å². The maximum absolute atomic E-state index is 12.3. The van der Waals surface area contributed by atoms with Crippen LogP contribution in [-0.4, -0.2) is 16.9 Å². The lowest BCUT2D eigenvalue weighted by atomic mass is 9.96. The zero-order valence-corrected chi connectivity index (χ0v) is 11.4. The molecule has 1 saturated carbocycles. The predicted octanol–water partition coefficient (Wildman–Crippen LogP) is 2.07. The SMILES string of the molecule is CC1CCCCCC1NC(=O)c1cccnc1NN. The Kier molecular flexibility index (Phi) is 4.74. The van der Waals surface area contributed by atoms with Crippen molar-refractivity contribution in [3.8, 4) is 0 Å². The van der Waals surface area contributed by atoms with Crippen LogP contribution < -0.4 is 16.6 Å². The van der Waals surface area contributed by atoms with Gasteiger partial charge in [0.05, 0.1) is 5.56 Å². The van der Waals surface area contributed by atoms with Gasteiger partial charge >= 0.3 is 0 Å². The van der Waals surface area contributed by atoms with Crippen molar-refractivity contribution in [3.63, 3.8) is 0 Å². The van der Waals surface area contributed by atoms with Crippen molar-refractivity contribution in [1.29, 1.82) is 0 Å². The summed E-state index contributed by atoms with van der Waals surface area (Å²) in [6, 6.07) is 3.73. The smallest absolute Gasteiger partial charge is 0.255 e. The third-order valence-electron chi connectivity index (χ3n) is 3.87. The number of nitrogens with two attached hydrogens (primary N) is 1. The molecule has 0 saturated heterocycles. The summed E-state index contributed by atoms with van der Waals surface area (Å²) in [5.74, 6) is 6.23. The molecule has 1 fully saturated rings. The van der Waals surface area contributed by atoms with Gasteiger partial charge in [0.25, 0.3) is 5.91 Å². The number of carbonyl (C=O) groups is 1. The summed E-state index contributed by atoms with van der Waals surface area (Å²) in [6.45, 7) is 2.21. The van der Waals surface area contributed by atoms with Gasteiger partial charge in [-0.1, -0.05) is 26.2 Å². The number of nitrogen functional groups attached to an aromatic ring is 1. The quantitative estimate of drug-likeness (QED) is 0.442. The Labute approximate surface area is 114 Å². The Morgan fingerprint density at radius 2 is 2.16 bits per heavy atom. The highest BCUT2D eigenvalue weighted by Crippen LogP contribution is 2.23. The molecule has 1 aliphatic carbocycles. The highest BCUT2D eigenvalue weighted by molar-refractivity contribution is 5.98. The van der Waals surface area contributed by atoms with Crippen molar-refractivity contribution in [2.45, 2.75) is 45.1 Å². The van der Waals surface area contributed by atoms with Crippen LogP contribution in [0.25, 0.3) is 0 Å². The summed E-state index contributed by atoms with van der Waals surface area (Å²) in [5.41, 5.74) is 2.97. The summed E-state index contributed by atoms with van der Waals surface area (Å²) in [5, 5.41) is 3.13. The Morgan fingerprint density at radius 1 is 1.37 bits per heavy atom. The van der Waals surface area contributed by atoms with Gasteiger partial charge < -0.3 is 10.7 Å². The van der Waals surface area contributed by atoms with E-state index in [1.165, 1.54) is 25.7 Å². The first kappa shape index (κ1) is 13.8. The van der Waals surface area contributed by atoms with Crippen molar-refractivity contribution in [3.05, 3.63) is 23.9 Å². The number of carbonyl (C=O) groups excluding carboxylic acids is 1. The number of nitrogens with one attached hydrogen (secondary N) is 2. The molecule has 0 aliphatic heterocycles. The third-order valence-corrected chi connectivity index (χ3v) is 3.87. The van der Waals surface area contributed by atoms with Gasteiger partial charge in [0.15, 0.2) is 5.82 Å². The summed E-state index contributed by atoms with van der Waals surface area (Å²) in [6.07, 6.45) is 7.55. The first-order valence-corrected chi connectivity index (χ1v) is 6.95. The number of amides is 1. The number of hydrogen-bond donors (Lipinski definition) is 3. The lowest BCUT2D eigenvalue weighted by Crippen LogP contribution is -2.39. The Balaban J connectivity index is 2.07. The number of nitrogens with zero attached hydrogens (tertiary/aromatic N) is 1. The van der Waals surface area contributed by atoms with E-state index in [1.54, 1.807) is 18.3 Å². The second-order valence-corrected chi connectivity index (χ2v) is 5.24. The van der Waals surface area contributed by atoms with E-state index in [0.717, 1.165) is 6.42 Å². The lowest BCUT2D eigenvalue weighted by Gasteiger charge is -2.23. The highest BCUT2D eigenvalue weighted by atomic mass is 16.1. The Hall–Kier alpha value is -1.62. The molecule has 5 nitrogen and oxygen atoms in total. The lowest BCUT2D eigenvalue weighted by molar-refractivity contribution is 0.0922. The first-order valence-electron chi connectivity index (χ1n) is 6.95. The van der Waals surface area contributed by atoms with Crippen LogP contribution in [0.2, 0.25) is 0 Å². The average Bonchev–Trinajstić information content (AvgIpc) is 2.64. The molecule has 19 heavy (non-hydrogen) atoms. The molecule has 0 aromatic carbocycles. The van der Waals surface area contributed by atoms with Crippen LogP contribution in [-0.2, 0) is 0 Å². The summed E-state index contributed by atoms with van der Waals surface area (Å²) in [7, 11) is 0. The van der Waals surface area contributed by atoms with Gasteiger partial charge in [-0.3, -0.25) is 4.79 Å². The van der Waals surface area contributed by atoms with Crippen LogP contribution in [0.1, 0.15) is 49.4 Å². The van der Waals surface area contributed by atoms with Crippen molar-refractivity contribution in [1.82, 2.24) is 10.3 Å². The van der Waals surface area contributed by atoms with Gasteiger partial charge in [0.2, 0.25) is 0 Å². The number of anilines is 1. The summed E-state index contributed by atoms with van der Waals surface area (Å²) < 4.78 is 0. The van der Waals surface area contributed by atoms with E-state index >= 15 is 0 Å². The number of aromatic nitrogens is 1. The molecule has 5 heteroatoms. The van der Waals surface area contributed by atoms with Crippen molar-refractivity contribution < 1.29 is 4.79 Å². The van der Waals surface area contributed by atoms with E-state index in [-0.39, 0.29) is 11.9 Å². The maximum atomic E-state index is 12.3. The molecule has 2 atom stereocenters. The predicted molar refractivity (Wildman–Crippen MR) is 75.6 cm³/mol. The van der Waals surface area contributed by atoms with Crippen LogP contribution in [0.4, 0.5) is 5.82 Å². The second-order valence-electron chi connectivity index (χ2n) is 5.24. The zero-order valence-electron chi connectivity index (χ0n) is 11.4. The fourth-order valence-electron chi connectivity index (χ4n) is 2.66. The highest BCUT2D eigenvalue weighted by Gasteiger charge is 2.23. The van der Waals surface area contributed by atoms with E-state index in [4.69, 9.17) is 5.84 Å². The average molecular weight is 262 g/mol. The topological polar surface area (TPSA) is 80.0 Å². The minimum Gasteiger partial charge on any atom is -0.349 e. The first-order chi connectivity index (χ1) is 9.22. The molecule has 0 bridgehead atoms. The zero-order chi connectivity index (χ0) is 13.7. The molecule has 104 valence electrons. The molecule has 4 N–H and O–H groups in total. The van der Waals surface area contributed by atoms with Crippen molar-refractivity contribution >= 4 is 11.7 Å². The van der Waals surface area contributed by atoms with Gasteiger partial charge in [-0.2, -0.15) is 0 Å². The standard InChI is InChI=1S/C14H22N4O/c1-10-6-3-2-4-8-12(10)17-14(19)11-7-5-9-16-13(11)18-15/h5,7,9-10,12H,2-4,6,8,15H2,1H3,(H,16,18)(H,17,19). The van der Waals surface area contributed by atoms with Crippen LogP contribution in [0.5, 0.6) is 0 Å². The molecule has 1 aromatic rings. The van der Waals surface area contributed by atoms with E-state index in [0.29, 0.717) is 17.3 Å². The normalized spacial score (nSPS) is 23.5. The Bertz CT molecular complexity index is 435. The Morgan fingerprint density at radius 3 is 2.95 bits per heavy atom. The van der Waals surface area contributed by atoms with Gasteiger partial charge in [-0.05, 0) is 30.9 Å². The molecular formula is C14H22N4O. The molecule has 1 aromatic heterocycles. The van der Waals surface area contributed by atoms with Gasteiger partial charge in [-0.25, -0.2) is 10.8 Å². The van der Waals surface area contributed by atoms with Crippen LogP contribution >= 0.6 is 0 Å². The van der Waals surface area contributed by atoms with Crippen LogP contribution in [0.15, 0.2) is 18.3 Å². The second kappa shape index (κ2) is 6.52. The van der Waals surface area contributed by atoms with E-state index in [9.17, 15) is 4.79 Å². The monoisotopic (exact) mass is 262 g/mol. The van der Waals surface area contributed by atoms with Gasteiger partial charge in [-0.15, -0.1) is 0 Å². The number of hydrazine groups is 1. The summed E-state index contributed by atoms with van der Waals surface area (Å²) in [4.78, 5) is 16.4. The maximum Gasteiger partial charge on any atom is 0.255 e. The molecule has 0 radical (unpaired) electrons. The molecule has 1 aliphatic rings. The molecule has 1 amide bonds. The molecule has 2 rings (SSSR count). The van der Waals surface area contributed by atoms with Crippen molar-refractivity contribution in [2.24, 2.45) is 11.8 Å². The largest absolute Gasteiger partial charge is 0.349 e. The minimum absolute atomic E-state index is 0.0974. The molecule has 2 unspecified atom stereocenters. The van der Waals surface area contributed by atoms with Gasteiger partial charge in [0.1, 0.15) is 0 Å². The van der Waals surface area contributed by atoms with Gasteiger partial charge in [0, 0.05) is 12.2 Å². The van der Waals surface area contributed by atoms with E-state index in [1.807, 2.05) is 0 Å². The third kappa shape index (κ3) is 3.44. The number of hydrogen-bond acceptors (Lipinski definition) is 4. The molecule has 1 heterocycles.